The number of alkyl halides is 2. The highest BCUT2D eigenvalue weighted by atomic mass is 32.2. The van der Waals surface area contributed by atoms with Crippen LogP contribution in [0.15, 0.2) is 54.7 Å². The lowest BCUT2D eigenvalue weighted by Crippen LogP contribution is -2.50. The zero-order valence-electron chi connectivity index (χ0n) is 56.7. The van der Waals surface area contributed by atoms with E-state index >= 15 is 0 Å². The van der Waals surface area contributed by atoms with E-state index in [1.807, 2.05) is 11.8 Å². The number of thioether (sulfide) groups is 1. The highest BCUT2D eigenvalue weighted by Crippen LogP contribution is 2.34. The van der Waals surface area contributed by atoms with E-state index in [1.54, 1.807) is 44.7 Å². The lowest BCUT2D eigenvalue weighted by Gasteiger charge is -2.34. The number of likely N-dealkylation sites (tertiary alicyclic amines) is 3. The second-order valence-electron chi connectivity index (χ2n) is 26.4. The molecule has 2 aromatic carbocycles. The van der Waals surface area contributed by atoms with Crippen molar-refractivity contribution in [1.82, 2.24) is 55.2 Å². The molecule has 4 aliphatic rings. The zero-order valence-corrected chi connectivity index (χ0v) is 57.5. The number of amides is 7. The molecule has 0 radical (unpaired) electrons. The molecule has 29 heteroatoms. The quantitative estimate of drug-likeness (QED) is 0.0242. The Morgan fingerprint density at radius 2 is 1.37 bits per heavy atom. The predicted octanol–water partition coefficient (Wildman–Crippen LogP) is 4.49. The number of aryl methyl sites for hydroxylation is 2. The number of unbranched alkanes of at least 4 members (excludes halogenated alkanes) is 3. The molecule has 98 heavy (non-hydrogen) atoms. The minimum Gasteiger partial charge on any atom is -0.494 e. The third-order valence-electron chi connectivity index (χ3n) is 18.5. The highest BCUT2D eigenvalue weighted by molar-refractivity contribution is 8.01. The number of piperidine rings is 1. The van der Waals surface area contributed by atoms with Gasteiger partial charge in [0, 0.05) is 127 Å². The SMILES string of the molecule is CC(=N)[C@H]1CC(F)(F)CN1C(=O)CNC(=O)c1ccnc2ccc(OCCCCC3CCN(C(=O)C(C)CN4C(=O)CC(SC(CCCCCNC(=O)CCCc5ccc(C)cc5)CNC(=O)CN5CCN(CC(=O)O)CCN(CC(=O)O)CCN(CC(=O)O)CC5)C4=O)CC3)cc12. The van der Waals surface area contributed by atoms with Gasteiger partial charge in [-0.25, -0.2) is 8.78 Å². The van der Waals surface area contributed by atoms with E-state index in [4.69, 9.17) is 10.1 Å². The fourth-order valence-corrected chi connectivity index (χ4v) is 14.4. The fourth-order valence-electron chi connectivity index (χ4n) is 12.9. The number of aromatic nitrogens is 1. The van der Waals surface area contributed by atoms with E-state index in [0.29, 0.717) is 74.5 Å². The Labute approximate surface area is 575 Å². The van der Waals surface area contributed by atoms with Gasteiger partial charge in [0.15, 0.2) is 0 Å². The standard InChI is InChI=1S/C69H98F2N12O14S/c1-47-14-16-50(17-15-47)11-9-13-59(84)74-23-7-4-5-12-53(39-75-60(85)42-77-27-29-78(43-63(88)89)31-33-80(45-65(92)93)34-32-79(30-28-77)44-64(90)91)98-58-37-61(86)82(68(58)96)41-48(2)67(95)81-25-21-51(22-26-81)10-6-8-35-97-52-18-19-56-55(36-52)54(20-24-73-56)66(94)76-40-62(87)83-46-69(70,71)38-57(83)49(3)72/h14-20,24,36,48,51,53,57-58,72H,4-13,21-23,25-35,37-46H2,1-3H3,(H,74,84)(H,75,85)(H,76,94)(H,88,89)(H,90,91)(H,92,93)/t48?,53?,57-,58?/m1/s1. The van der Waals surface area contributed by atoms with Gasteiger partial charge in [-0.15, -0.1) is 11.8 Å². The van der Waals surface area contributed by atoms with Crippen LogP contribution in [0.5, 0.6) is 5.75 Å². The number of imide groups is 1. The number of nitrogens with one attached hydrogen (secondary N) is 4. The molecule has 4 atom stereocenters. The van der Waals surface area contributed by atoms with Crippen LogP contribution >= 0.6 is 11.8 Å². The summed E-state index contributed by atoms with van der Waals surface area (Å²) in [6.07, 6.45) is 9.47. The summed E-state index contributed by atoms with van der Waals surface area (Å²) in [5.41, 5.74) is 3.04. The van der Waals surface area contributed by atoms with Crippen LogP contribution < -0.4 is 20.7 Å². The lowest BCUT2D eigenvalue weighted by molar-refractivity contribution is -0.143. The largest absolute Gasteiger partial charge is 0.494 e. The monoisotopic (exact) mass is 1390 g/mol. The molecule has 26 nitrogen and oxygen atoms in total. The summed E-state index contributed by atoms with van der Waals surface area (Å²) >= 11 is 1.32. The molecular weight excluding hydrogens is 1290 g/mol. The molecule has 0 spiro atoms. The first-order valence-electron chi connectivity index (χ1n) is 34.2. The molecule has 0 aliphatic carbocycles. The molecular formula is C69H98F2N12O14S. The number of carbonyl (C=O) groups excluding carboxylic acids is 7. The van der Waals surface area contributed by atoms with Crippen LogP contribution in [-0.2, 0) is 49.6 Å². The van der Waals surface area contributed by atoms with Gasteiger partial charge in [0.2, 0.25) is 35.4 Å². The molecule has 0 bridgehead atoms. The molecule has 5 heterocycles. The van der Waals surface area contributed by atoms with E-state index in [1.165, 1.54) is 47.0 Å². The highest BCUT2D eigenvalue weighted by Gasteiger charge is 2.48. The number of carboxylic acids is 3. The van der Waals surface area contributed by atoms with E-state index in [0.717, 1.165) is 56.3 Å². The number of fused-ring (bicyclic) bond motifs is 1. The van der Waals surface area contributed by atoms with Gasteiger partial charge >= 0.3 is 17.9 Å². The minimum atomic E-state index is -3.12. The third kappa shape index (κ3) is 25.5. The maximum absolute atomic E-state index is 14.2. The van der Waals surface area contributed by atoms with Crippen molar-refractivity contribution in [3.8, 4) is 5.75 Å². The Morgan fingerprint density at radius 1 is 0.745 bits per heavy atom. The van der Waals surface area contributed by atoms with Gasteiger partial charge < -0.3 is 51.2 Å². The van der Waals surface area contributed by atoms with Crippen LogP contribution in [0.3, 0.4) is 0 Å². The Balaban J connectivity index is 0.868. The first kappa shape index (κ1) is 77.6. The molecule has 1 aromatic heterocycles. The number of halogens is 2. The van der Waals surface area contributed by atoms with Crippen molar-refractivity contribution < 1.29 is 76.8 Å². The van der Waals surface area contributed by atoms with Gasteiger partial charge in [0.1, 0.15) is 5.75 Å². The van der Waals surface area contributed by atoms with Crippen LogP contribution in [-0.4, -0.2) is 273 Å². The first-order chi connectivity index (χ1) is 46.8. The van der Waals surface area contributed by atoms with Gasteiger partial charge in [0.25, 0.3) is 11.8 Å². The van der Waals surface area contributed by atoms with E-state index in [2.05, 4.69) is 45.2 Å². The van der Waals surface area contributed by atoms with Gasteiger partial charge in [-0.2, -0.15) is 0 Å². The van der Waals surface area contributed by atoms with Gasteiger partial charge in [-0.1, -0.05) is 56.0 Å². The van der Waals surface area contributed by atoms with Gasteiger partial charge in [-0.3, -0.25) is 77.4 Å². The Kier molecular flexibility index (Phi) is 30.6. The Hall–Kier alpha value is -7.73. The Morgan fingerprint density at radius 3 is 1.98 bits per heavy atom. The number of nitrogens with zero attached hydrogens (tertiary/aromatic N) is 8. The number of aliphatic carboxylic acids is 3. The van der Waals surface area contributed by atoms with Crippen molar-refractivity contribution in [1.29, 1.82) is 5.41 Å². The van der Waals surface area contributed by atoms with Crippen molar-refractivity contribution in [2.45, 2.75) is 133 Å². The van der Waals surface area contributed by atoms with Crippen LogP contribution in [0.4, 0.5) is 8.78 Å². The normalized spacial score (nSPS) is 19.3. The van der Waals surface area contributed by atoms with Crippen LogP contribution in [0.25, 0.3) is 10.9 Å². The predicted molar refractivity (Wildman–Crippen MR) is 364 cm³/mol. The second-order valence-corrected chi connectivity index (χ2v) is 27.9. The topological polar surface area (TPSA) is 336 Å². The van der Waals surface area contributed by atoms with E-state index in [-0.39, 0.29) is 138 Å². The lowest BCUT2D eigenvalue weighted by atomic mass is 9.91. The maximum atomic E-state index is 14.2. The number of rotatable bonds is 35. The number of pyridine rings is 1. The summed E-state index contributed by atoms with van der Waals surface area (Å²) in [5, 5.41) is 44.8. The summed E-state index contributed by atoms with van der Waals surface area (Å²) in [6.45, 7) is 6.66. The van der Waals surface area contributed by atoms with Gasteiger partial charge in [-0.05, 0) is 101 Å². The van der Waals surface area contributed by atoms with Crippen LogP contribution in [0.1, 0.15) is 119 Å². The van der Waals surface area contributed by atoms with E-state index in [9.17, 15) is 72.0 Å². The number of ether oxygens (including phenoxy) is 1. The second kappa shape index (κ2) is 38.6. The average molecular weight is 1390 g/mol. The molecule has 4 saturated heterocycles. The van der Waals surface area contributed by atoms with Crippen molar-refractivity contribution in [2.24, 2.45) is 11.8 Å². The van der Waals surface area contributed by atoms with Crippen molar-refractivity contribution in [2.75, 3.05) is 131 Å². The number of benzene rings is 2. The fraction of sp³-hybridized carbons (Fsp3) is 0.623. The molecule has 4 aliphatic heterocycles. The van der Waals surface area contributed by atoms with E-state index < -0.39 is 78.3 Å². The first-order valence-corrected chi connectivity index (χ1v) is 35.2. The van der Waals surface area contributed by atoms with Crippen molar-refractivity contribution in [3.63, 3.8) is 0 Å². The average Bonchev–Trinajstić information content (AvgIpc) is 1.69. The Bertz CT molecular complexity index is 3220. The molecule has 4 fully saturated rings. The number of carboxylic acid groups (broad SMARTS) is 3. The van der Waals surface area contributed by atoms with Crippen LogP contribution in [0, 0.1) is 24.2 Å². The number of carbonyl (C=O) groups is 10. The molecule has 538 valence electrons. The summed E-state index contributed by atoms with van der Waals surface area (Å²) in [7, 11) is 0. The van der Waals surface area contributed by atoms with Gasteiger partial charge in [0.05, 0.1) is 74.2 Å². The zero-order chi connectivity index (χ0) is 70.9. The summed E-state index contributed by atoms with van der Waals surface area (Å²) in [6, 6.07) is 13.9. The third-order valence-corrected chi connectivity index (χ3v) is 20.0. The molecule has 7 rings (SSSR count). The molecule has 7 N–H and O–H groups in total. The molecule has 3 aromatic rings. The molecule has 3 unspecified atom stereocenters. The maximum Gasteiger partial charge on any atom is 0.317 e. The van der Waals surface area contributed by atoms with Crippen LogP contribution in [0.2, 0.25) is 0 Å². The smallest absolute Gasteiger partial charge is 0.317 e. The molecule has 0 saturated carbocycles. The summed E-state index contributed by atoms with van der Waals surface area (Å²) in [5.74, 6) is -8.68. The summed E-state index contributed by atoms with van der Waals surface area (Å²) in [4.78, 5) is 145. The minimum absolute atomic E-state index is 0.0212. The molecule has 7 amide bonds. The van der Waals surface area contributed by atoms with Crippen molar-refractivity contribution in [3.05, 3.63) is 71.4 Å². The summed E-state index contributed by atoms with van der Waals surface area (Å²) < 4.78 is 34.4. The number of hydrogen-bond acceptors (Lipinski definition) is 18. The number of hydrogen-bond donors (Lipinski definition) is 7. The van der Waals surface area contributed by atoms with Crippen molar-refractivity contribution >= 4 is 87.6 Å².